The Bertz CT molecular complexity index is 996. The lowest BCUT2D eigenvalue weighted by Gasteiger charge is -2.22. The second kappa shape index (κ2) is 56.2. The van der Waals surface area contributed by atoms with Crippen LogP contribution in [0.25, 0.3) is 0 Å². The fourth-order valence-electron chi connectivity index (χ4n) is 8.44. The minimum atomic E-state index is -0.157. The fraction of sp³-hybridized carbons (Fsp3) is 0.850. The second-order valence-electron chi connectivity index (χ2n) is 19.5. The van der Waals surface area contributed by atoms with Crippen LogP contribution in [-0.4, -0.2) is 62.3 Å². The van der Waals surface area contributed by atoms with Crippen molar-refractivity contribution in [3.63, 3.8) is 0 Å². The summed E-state index contributed by atoms with van der Waals surface area (Å²) in [5.74, 6) is -0.471. The van der Waals surface area contributed by atoms with Gasteiger partial charge in [0, 0.05) is 38.9 Å². The smallest absolute Gasteiger partial charge is 0.305 e. The van der Waals surface area contributed by atoms with Crippen molar-refractivity contribution in [2.75, 3.05) is 39.5 Å². The van der Waals surface area contributed by atoms with Gasteiger partial charge >= 0.3 is 17.9 Å². The predicted octanol–water partition coefficient (Wildman–Crippen LogP) is 18.0. The van der Waals surface area contributed by atoms with E-state index in [2.05, 4.69) is 62.1 Å². The van der Waals surface area contributed by atoms with Crippen molar-refractivity contribution < 1.29 is 28.6 Å². The van der Waals surface area contributed by atoms with E-state index in [0.717, 1.165) is 77.0 Å². The Morgan fingerprint density at radius 2 is 0.478 bits per heavy atom. The molecule has 0 aliphatic heterocycles. The van der Waals surface area contributed by atoms with E-state index in [1.807, 2.05) is 0 Å². The van der Waals surface area contributed by atoms with Crippen molar-refractivity contribution in [3.8, 4) is 0 Å². The maximum atomic E-state index is 12.5. The number of esters is 3. The molecule has 7 heteroatoms. The zero-order valence-corrected chi connectivity index (χ0v) is 44.8. The van der Waals surface area contributed by atoms with Gasteiger partial charge in [-0.05, 0) is 96.3 Å². The molecule has 0 saturated carbocycles. The van der Waals surface area contributed by atoms with Crippen LogP contribution >= 0.6 is 0 Å². The summed E-state index contributed by atoms with van der Waals surface area (Å²) in [5.41, 5.74) is 0. The van der Waals surface area contributed by atoms with Crippen LogP contribution in [-0.2, 0) is 28.6 Å². The van der Waals surface area contributed by atoms with E-state index in [4.69, 9.17) is 14.2 Å². The topological polar surface area (TPSA) is 82.1 Å². The standard InChI is InChI=1S/C60H111NO6/c1-4-7-10-13-16-19-22-25-28-31-34-37-40-43-46-49-58(62)65-55-52-61(53-56-66-59(63)50-47-44-41-38-35-32-29-26-23-20-17-14-11-8-5-2)54-57-67-60(64)51-48-45-42-39-36-33-30-27-24-21-18-15-12-9-6-3/h25-30H,4-24,31-57H2,1-3H3. The predicted molar refractivity (Wildman–Crippen MR) is 288 cm³/mol. The Labute approximate surface area is 416 Å². The lowest BCUT2D eigenvalue weighted by molar-refractivity contribution is -0.144. The largest absolute Gasteiger partial charge is 0.464 e. The summed E-state index contributed by atoms with van der Waals surface area (Å²) in [6.07, 6.45) is 63.3. The Balaban J connectivity index is 4.35. The zero-order valence-electron chi connectivity index (χ0n) is 44.8. The molecule has 0 aromatic carbocycles. The van der Waals surface area contributed by atoms with Crippen molar-refractivity contribution >= 4 is 17.9 Å². The van der Waals surface area contributed by atoms with Crippen molar-refractivity contribution in [1.29, 1.82) is 0 Å². The van der Waals surface area contributed by atoms with Crippen molar-refractivity contribution in [1.82, 2.24) is 4.90 Å². The number of carbonyl (C=O) groups excluding carboxylic acids is 3. The first-order valence-electron chi connectivity index (χ1n) is 29.2. The second-order valence-corrected chi connectivity index (χ2v) is 19.5. The average Bonchev–Trinajstić information content (AvgIpc) is 3.32. The third-order valence-electron chi connectivity index (χ3n) is 12.9. The zero-order chi connectivity index (χ0) is 48.6. The van der Waals surface area contributed by atoms with E-state index < -0.39 is 0 Å². The SMILES string of the molecule is CCCCCCCCC=CCCCCCCCC(=O)OCCN(CCOC(=O)CCCCCCCC=CCCCCCCCC)CCOC(=O)CCCCCCCC=CCCCCCCCC. The van der Waals surface area contributed by atoms with Gasteiger partial charge in [0.2, 0.25) is 0 Å². The number of carbonyl (C=O) groups is 3. The van der Waals surface area contributed by atoms with Crippen molar-refractivity contribution in [3.05, 3.63) is 36.5 Å². The lowest BCUT2D eigenvalue weighted by Crippen LogP contribution is -2.35. The summed E-state index contributed by atoms with van der Waals surface area (Å²) in [4.78, 5) is 39.7. The molecule has 0 aromatic heterocycles. The minimum absolute atomic E-state index is 0.157. The molecule has 0 heterocycles. The summed E-state index contributed by atoms with van der Waals surface area (Å²) in [6, 6.07) is 0. The molecule has 0 aliphatic carbocycles. The molecule has 0 saturated heterocycles. The van der Waals surface area contributed by atoms with Crippen LogP contribution in [0.15, 0.2) is 36.5 Å². The highest BCUT2D eigenvalue weighted by molar-refractivity contribution is 5.70. The Morgan fingerprint density at radius 1 is 0.284 bits per heavy atom. The van der Waals surface area contributed by atoms with E-state index in [1.54, 1.807) is 0 Å². The Hall–Kier alpha value is -2.41. The van der Waals surface area contributed by atoms with Gasteiger partial charge in [0.25, 0.3) is 0 Å². The van der Waals surface area contributed by atoms with Gasteiger partial charge in [-0.15, -0.1) is 0 Å². The van der Waals surface area contributed by atoms with E-state index in [0.29, 0.717) is 38.9 Å². The van der Waals surface area contributed by atoms with E-state index in [1.165, 1.54) is 173 Å². The molecular weight excluding hydrogens is 831 g/mol. The highest BCUT2D eigenvalue weighted by Gasteiger charge is 2.12. The summed E-state index contributed by atoms with van der Waals surface area (Å²) in [6.45, 7) is 9.15. The molecule has 0 aliphatic rings. The van der Waals surface area contributed by atoms with Crippen LogP contribution in [0.5, 0.6) is 0 Å². The molecule has 0 fully saturated rings. The van der Waals surface area contributed by atoms with Crippen LogP contribution in [0.4, 0.5) is 0 Å². The monoisotopic (exact) mass is 942 g/mol. The molecule has 392 valence electrons. The first kappa shape index (κ1) is 64.6. The maximum absolute atomic E-state index is 12.5. The minimum Gasteiger partial charge on any atom is -0.464 e. The van der Waals surface area contributed by atoms with Gasteiger partial charge in [-0.3, -0.25) is 19.3 Å². The Kier molecular flexibility index (Phi) is 54.2. The molecule has 0 unspecified atom stereocenters. The van der Waals surface area contributed by atoms with Crippen LogP contribution < -0.4 is 0 Å². The summed E-state index contributed by atoms with van der Waals surface area (Å²) < 4.78 is 16.8. The Morgan fingerprint density at radius 3 is 0.701 bits per heavy atom. The van der Waals surface area contributed by atoms with Gasteiger partial charge in [-0.2, -0.15) is 0 Å². The number of ether oxygens (including phenoxy) is 3. The van der Waals surface area contributed by atoms with Crippen molar-refractivity contribution in [2.24, 2.45) is 0 Å². The van der Waals surface area contributed by atoms with Crippen molar-refractivity contribution in [2.45, 2.75) is 290 Å². The van der Waals surface area contributed by atoms with Gasteiger partial charge in [-0.1, -0.05) is 211 Å². The van der Waals surface area contributed by atoms with E-state index >= 15 is 0 Å². The number of allylic oxidation sites excluding steroid dienone is 6. The fourth-order valence-corrected chi connectivity index (χ4v) is 8.44. The summed E-state index contributed by atoms with van der Waals surface area (Å²) >= 11 is 0. The first-order valence-corrected chi connectivity index (χ1v) is 29.2. The molecule has 0 spiro atoms. The number of unbranched alkanes of at least 4 members (excludes halogenated alkanes) is 33. The number of hydrogen-bond donors (Lipinski definition) is 0. The van der Waals surface area contributed by atoms with Gasteiger partial charge in [0.15, 0.2) is 0 Å². The normalized spacial score (nSPS) is 11.8. The van der Waals surface area contributed by atoms with Gasteiger partial charge in [0.1, 0.15) is 19.8 Å². The van der Waals surface area contributed by atoms with Crippen LogP contribution in [0.2, 0.25) is 0 Å². The molecule has 0 N–H and O–H groups in total. The van der Waals surface area contributed by atoms with Crippen LogP contribution in [0.1, 0.15) is 290 Å². The third kappa shape index (κ3) is 54.4. The molecule has 0 rings (SSSR count). The quantitative estimate of drug-likeness (QED) is 0.0260. The highest BCUT2D eigenvalue weighted by atomic mass is 16.5. The van der Waals surface area contributed by atoms with E-state index in [9.17, 15) is 14.4 Å². The van der Waals surface area contributed by atoms with Gasteiger partial charge in [0.05, 0.1) is 0 Å². The maximum Gasteiger partial charge on any atom is 0.305 e. The number of rotatable bonds is 54. The molecule has 7 nitrogen and oxygen atoms in total. The summed E-state index contributed by atoms with van der Waals surface area (Å²) in [5, 5.41) is 0. The van der Waals surface area contributed by atoms with Crippen LogP contribution in [0, 0.1) is 0 Å². The molecule has 0 amide bonds. The highest BCUT2D eigenvalue weighted by Crippen LogP contribution is 2.14. The number of hydrogen-bond acceptors (Lipinski definition) is 7. The first-order chi connectivity index (χ1) is 33.0. The molecular formula is C60H111NO6. The van der Waals surface area contributed by atoms with Gasteiger partial charge < -0.3 is 14.2 Å². The lowest BCUT2D eigenvalue weighted by atomic mass is 10.1. The van der Waals surface area contributed by atoms with Gasteiger partial charge in [-0.25, -0.2) is 0 Å². The average molecular weight is 943 g/mol. The molecule has 67 heavy (non-hydrogen) atoms. The third-order valence-corrected chi connectivity index (χ3v) is 12.9. The molecule has 0 atom stereocenters. The molecule has 0 aromatic rings. The summed E-state index contributed by atoms with van der Waals surface area (Å²) in [7, 11) is 0. The molecule has 0 radical (unpaired) electrons. The number of nitrogens with zero attached hydrogens (tertiary/aromatic N) is 1. The van der Waals surface area contributed by atoms with Crippen LogP contribution in [0.3, 0.4) is 0 Å². The van der Waals surface area contributed by atoms with E-state index in [-0.39, 0.29) is 37.7 Å². The molecule has 0 bridgehead atoms.